The predicted molar refractivity (Wildman–Crippen MR) is 73.2 cm³/mol. The molecular weight excluding hydrogens is 248 g/mol. The van der Waals surface area contributed by atoms with Crippen LogP contribution in [-0.2, 0) is 19.6 Å². The maximum atomic E-state index is 5.96. The van der Waals surface area contributed by atoms with E-state index in [9.17, 15) is 0 Å². The van der Waals surface area contributed by atoms with Crippen molar-refractivity contribution in [3.63, 3.8) is 0 Å². The van der Waals surface area contributed by atoms with Crippen molar-refractivity contribution < 1.29 is 4.42 Å². The highest BCUT2D eigenvalue weighted by Gasteiger charge is 2.06. The molecule has 1 aromatic carbocycles. The lowest BCUT2D eigenvalue weighted by Crippen LogP contribution is -2.16. The number of furan rings is 1. The second-order valence-electron chi connectivity index (χ2n) is 4.37. The van der Waals surface area contributed by atoms with Gasteiger partial charge < -0.3 is 10.2 Å². The zero-order valence-corrected chi connectivity index (χ0v) is 11.2. The largest absolute Gasteiger partial charge is 0.463 e. The summed E-state index contributed by atoms with van der Waals surface area (Å²) >= 11 is 5.96. The van der Waals surface area contributed by atoms with E-state index in [2.05, 4.69) is 11.0 Å². The molecule has 0 bridgehead atoms. The summed E-state index contributed by atoms with van der Waals surface area (Å²) in [6.07, 6.45) is 0. The third-order valence-corrected chi connectivity index (χ3v) is 2.92. The number of halogens is 1. The Kier molecular flexibility index (Phi) is 4.42. The van der Waals surface area contributed by atoms with Crippen molar-refractivity contribution in [3.8, 4) is 0 Å². The molecule has 2 rings (SSSR count). The van der Waals surface area contributed by atoms with E-state index in [1.807, 2.05) is 37.4 Å². The van der Waals surface area contributed by atoms with E-state index in [4.69, 9.17) is 21.8 Å². The fourth-order valence-electron chi connectivity index (χ4n) is 1.89. The quantitative estimate of drug-likeness (QED) is 0.903. The predicted octanol–water partition coefficient (Wildman–Crippen LogP) is 3.02. The average Bonchev–Trinajstić information content (AvgIpc) is 2.76. The Morgan fingerprint density at radius 1 is 1.17 bits per heavy atom. The van der Waals surface area contributed by atoms with Crippen molar-refractivity contribution in [3.05, 3.63) is 58.5 Å². The van der Waals surface area contributed by atoms with E-state index in [1.54, 1.807) is 0 Å². The van der Waals surface area contributed by atoms with Crippen molar-refractivity contribution >= 4 is 11.6 Å². The van der Waals surface area contributed by atoms with Gasteiger partial charge in [0.1, 0.15) is 11.5 Å². The first-order chi connectivity index (χ1) is 8.67. The van der Waals surface area contributed by atoms with Gasteiger partial charge in [-0.1, -0.05) is 23.7 Å². The van der Waals surface area contributed by atoms with Crippen LogP contribution in [-0.4, -0.2) is 11.9 Å². The normalized spacial score (nSPS) is 11.1. The first-order valence-corrected chi connectivity index (χ1v) is 6.26. The van der Waals surface area contributed by atoms with Gasteiger partial charge in [0, 0.05) is 11.6 Å². The highest BCUT2D eigenvalue weighted by atomic mass is 35.5. The van der Waals surface area contributed by atoms with Gasteiger partial charge in [0.2, 0.25) is 0 Å². The summed E-state index contributed by atoms with van der Waals surface area (Å²) in [6.45, 7) is 2.03. The summed E-state index contributed by atoms with van der Waals surface area (Å²) in [5, 5.41) is 0.768. The maximum Gasteiger partial charge on any atom is 0.118 e. The van der Waals surface area contributed by atoms with Crippen LogP contribution >= 0.6 is 11.6 Å². The van der Waals surface area contributed by atoms with Crippen LogP contribution in [0.1, 0.15) is 17.1 Å². The zero-order valence-electron chi connectivity index (χ0n) is 10.4. The van der Waals surface area contributed by atoms with Gasteiger partial charge >= 0.3 is 0 Å². The molecule has 18 heavy (non-hydrogen) atoms. The van der Waals surface area contributed by atoms with Gasteiger partial charge in [0.25, 0.3) is 0 Å². The summed E-state index contributed by atoms with van der Waals surface area (Å²) in [7, 11) is 2.05. The van der Waals surface area contributed by atoms with Gasteiger partial charge in [-0.2, -0.15) is 0 Å². The van der Waals surface area contributed by atoms with Gasteiger partial charge in [-0.25, -0.2) is 0 Å². The molecule has 0 saturated heterocycles. The Labute approximate surface area is 112 Å². The molecule has 0 unspecified atom stereocenters. The van der Waals surface area contributed by atoms with E-state index in [0.717, 1.165) is 29.6 Å². The molecule has 4 heteroatoms. The van der Waals surface area contributed by atoms with Crippen molar-refractivity contribution in [2.75, 3.05) is 7.05 Å². The molecule has 0 saturated carbocycles. The highest BCUT2D eigenvalue weighted by Crippen LogP contribution is 2.14. The standard InChI is InChI=1S/C14H17ClN2O/c1-17(9-11-3-2-4-12(15)7-11)10-14-6-5-13(8-16)18-14/h2-7H,8-10,16H2,1H3. The van der Waals surface area contributed by atoms with Crippen LogP contribution in [0.15, 0.2) is 40.8 Å². The first-order valence-electron chi connectivity index (χ1n) is 5.88. The van der Waals surface area contributed by atoms with Gasteiger partial charge in [-0.15, -0.1) is 0 Å². The Morgan fingerprint density at radius 3 is 2.61 bits per heavy atom. The molecule has 96 valence electrons. The Bertz CT molecular complexity index is 510. The number of hydrogen-bond donors (Lipinski definition) is 1. The third-order valence-electron chi connectivity index (χ3n) is 2.69. The number of rotatable bonds is 5. The van der Waals surface area contributed by atoms with Crippen LogP contribution in [0.5, 0.6) is 0 Å². The minimum Gasteiger partial charge on any atom is -0.463 e. The molecule has 0 spiro atoms. The summed E-state index contributed by atoms with van der Waals surface area (Å²) in [4.78, 5) is 2.17. The summed E-state index contributed by atoms with van der Waals surface area (Å²) in [5.74, 6) is 1.75. The minimum absolute atomic E-state index is 0.442. The molecule has 0 aliphatic carbocycles. The first kappa shape index (κ1) is 13.1. The lowest BCUT2D eigenvalue weighted by atomic mass is 10.2. The molecule has 0 aliphatic rings. The van der Waals surface area contributed by atoms with Crippen LogP contribution in [0.2, 0.25) is 5.02 Å². The maximum absolute atomic E-state index is 5.96. The molecule has 2 aromatic rings. The van der Waals surface area contributed by atoms with E-state index in [-0.39, 0.29) is 0 Å². The molecule has 0 fully saturated rings. The van der Waals surface area contributed by atoms with E-state index >= 15 is 0 Å². The van der Waals surface area contributed by atoms with Gasteiger partial charge in [0.05, 0.1) is 13.1 Å². The average molecular weight is 265 g/mol. The molecule has 1 aromatic heterocycles. The number of nitrogens with two attached hydrogens (primary N) is 1. The third kappa shape index (κ3) is 3.60. The Balaban J connectivity index is 1.94. The van der Waals surface area contributed by atoms with E-state index in [1.165, 1.54) is 5.56 Å². The molecule has 1 heterocycles. The minimum atomic E-state index is 0.442. The summed E-state index contributed by atoms with van der Waals surface area (Å²) in [6, 6.07) is 11.8. The fraction of sp³-hybridized carbons (Fsp3) is 0.286. The molecule has 0 atom stereocenters. The van der Waals surface area contributed by atoms with Gasteiger partial charge in [0.15, 0.2) is 0 Å². The van der Waals surface area contributed by atoms with Crippen LogP contribution in [0, 0.1) is 0 Å². The SMILES string of the molecule is CN(Cc1cccc(Cl)c1)Cc1ccc(CN)o1. The van der Waals surface area contributed by atoms with E-state index < -0.39 is 0 Å². The van der Waals surface area contributed by atoms with Crippen LogP contribution in [0.25, 0.3) is 0 Å². The monoisotopic (exact) mass is 264 g/mol. The molecular formula is C14H17ClN2O. The molecule has 0 aliphatic heterocycles. The summed E-state index contributed by atoms with van der Waals surface area (Å²) < 4.78 is 5.57. The van der Waals surface area contributed by atoms with Crippen molar-refractivity contribution in [1.82, 2.24) is 4.90 Å². The number of hydrogen-bond acceptors (Lipinski definition) is 3. The fourth-order valence-corrected chi connectivity index (χ4v) is 2.10. The lowest BCUT2D eigenvalue weighted by molar-refractivity contribution is 0.284. The summed E-state index contributed by atoms with van der Waals surface area (Å²) in [5.41, 5.74) is 6.70. The smallest absolute Gasteiger partial charge is 0.118 e. The van der Waals surface area contributed by atoms with Crippen LogP contribution in [0.4, 0.5) is 0 Å². The van der Waals surface area contributed by atoms with Crippen molar-refractivity contribution in [2.45, 2.75) is 19.6 Å². The zero-order chi connectivity index (χ0) is 13.0. The van der Waals surface area contributed by atoms with Crippen LogP contribution < -0.4 is 5.73 Å². The van der Waals surface area contributed by atoms with Crippen molar-refractivity contribution in [2.24, 2.45) is 5.73 Å². The molecule has 0 amide bonds. The second-order valence-corrected chi connectivity index (χ2v) is 4.81. The number of benzene rings is 1. The number of nitrogens with zero attached hydrogens (tertiary/aromatic N) is 1. The van der Waals surface area contributed by atoms with Crippen molar-refractivity contribution in [1.29, 1.82) is 0 Å². The van der Waals surface area contributed by atoms with Crippen LogP contribution in [0.3, 0.4) is 0 Å². The lowest BCUT2D eigenvalue weighted by Gasteiger charge is -2.15. The topological polar surface area (TPSA) is 42.4 Å². The highest BCUT2D eigenvalue weighted by molar-refractivity contribution is 6.30. The Morgan fingerprint density at radius 2 is 1.94 bits per heavy atom. The van der Waals surface area contributed by atoms with Gasteiger partial charge in [-0.3, -0.25) is 4.90 Å². The van der Waals surface area contributed by atoms with E-state index in [0.29, 0.717) is 6.54 Å². The molecule has 0 radical (unpaired) electrons. The molecule has 2 N–H and O–H groups in total. The Hall–Kier alpha value is -1.29. The molecule has 3 nitrogen and oxygen atoms in total. The van der Waals surface area contributed by atoms with Gasteiger partial charge in [-0.05, 0) is 36.9 Å². The second kappa shape index (κ2) is 6.05.